The van der Waals surface area contributed by atoms with Crippen molar-refractivity contribution in [2.24, 2.45) is 0 Å². The third-order valence-corrected chi connectivity index (χ3v) is 3.20. The predicted octanol–water partition coefficient (Wildman–Crippen LogP) is 4.25. The van der Waals surface area contributed by atoms with Gasteiger partial charge in [0.1, 0.15) is 5.75 Å². The number of hydrogen-bond acceptors (Lipinski definition) is 2. The maximum Gasteiger partial charge on any atom is 0.128 e. The molecule has 0 bridgehead atoms. The smallest absolute Gasteiger partial charge is 0.128 e. The van der Waals surface area contributed by atoms with Gasteiger partial charge in [-0.05, 0) is 29.8 Å². The summed E-state index contributed by atoms with van der Waals surface area (Å²) in [4.78, 5) is 0. The molecule has 2 aromatic carbocycles. The van der Waals surface area contributed by atoms with E-state index < -0.39 is 0 Å². The summed E-state index contributed by atoms with van der Waals surface area (Å²) in [5.74, 6) is 0.711. The number of rotatable bonds is 2. The number of methoxy groups -OCH3 is 1. The maximum atomic E-state index is 5.99. The fraction of sp³-hybridized carbons (Fsp3) is 0.0769. The lowest BCUT2D eigenvalue weighted by atomic mass is 10.0. The molecule has 0 amide bonds. The molecule has 0 heterocycles. The van der Waals surface area contributed by atoms with Crippen LogP contribution in [0.5, 0.6) is 5.75 Å². The van der Waals surface area contributed by atoms with Crippen molar-refractivity contribution in [1.82, 2.24) is 0 Å². The highest BCUT2D eigenvalue weighted by atomic mass is 35.5. The first kappa shape index (κ1) is 12.1. The first-order chi connectivity index (χ1) is 8.11. The van der Waals surface area contributed by atoms with Crippen molar-refractivity contribution in [2.75, 3.05) is 12.8 Å². The van der Waals surface area contributed by atoms with E-state index in [2.05, 4.69) is 0 Å². The Balaban J connectivity index is 2.55. The van der Waals surface area contributed by atoms with E-state index in [1.54, 1.807) is 25.3 Å². The molecule has 0 aliphatic heterocycles. The van der Waals surface area contributed by atoms with Crippen molar-refractivity contribution in [2.45, 2.75) is 0 Å². The number of nitrogen functional groups attached to an aromatic ring is 1. The molecule has 17 heavy (non-hydrogen) atoms. The fourth-order valence-electron chi connectivity index (χ4n) is 1.61. The second kappa shape index (κ2) is 4.86. The Hall–Kier alpha value is -1.38. The van der Waals surface area contributed by atoms with Gasteiger partial charge in [0.05, 0.1) is 17.2 Å². The number of nitrogens with two attached hydrogens (primary N) is 1. The number of halogens is 2. The quantitative estimate of drug-likeness (QED) is 0.826. The van der Waals surface area contributed by atoms with Crippen molar-refractivity contribution in [1.29, 1.82) is 0 Å². The molecule has 0 aromatic heterocycles. The van der Waals surface area contributed by atoms with Crippen molar-refractivity contribution in [3.63, 3.8) is 0 Å². The minimum atomic E-state index is 0.517. The van der Waals surface area contributed by atoms with Crippen LogP contribution in [-0.2, 0) is 0 Å². The number of hydrogen-bond donors (Lipinski definition) is 1. The highest BCUT2D eigenvalue weighted by molar-refractivity contribution is 6.42. The Morgan fingerprint density at radius 1 is 1.00 bits per heavy atom. The van der Waals surface area contributed by atoms with E-state index in [9.17, 15) is 0 Å². The highest BCUT2D eigenvalue weighted by Gasteiger charge is 2.08. The lowest BCUT2D eigenvalue weighted by Crippen LogP contribution is -1.91. The van der Waals surface area contributed by atoms with Gasteiger partial charge in [-0.25, -0.2) is 0 Å². The maximum absolute atomic E-state index is 5.99. The number of ether oxygens (including phenoxy) is 1. The summed E-state index contributed by atoms with van der Waals surface area (Å²) in [6.07, 6.45) is 0. The SMILES string of the molecule is COc1cc(N)ccc1-c1ccc(Cl)c(Cl)c1. The van der Waals surface area contributed by atoms with Gasteiger partial charge in [0.2, 0.25) is 0 Å². The van der Waals surface area contributed by atoms with Crippen molar-refractivity contribution >= 4 is 28.9 Å². The molecule has 0 aliphatic carbocycles. The molecule has 0 fully saturated rings. The zero-order valence-electron chi connectivity index (χ0n) is 9.21. The van der Waals surface area contributed by atoms with Gasteiger partial charge in [-0.1, -0.05) is 29.3 Å². The van der Waals surface area contributed by atoms with E-state index in [0.717, 1.165) is 11.1 Å². The Bertz CT molecular complexity index is 555. The van der Waals surface area contributed by atoms with Crippen LogP contribution in [0.3, 0.4) is 0 Å². The zero-order chi connectivity index (χ0) is 12.4. The van der Waals surface area contributed by atoms with E-state index in [0.29, 0.717) is 21.5 Å². The minimum absolute atomic E-state index is 0.517. The van der Waals surface area contributed by atoms with Gasteiger partial charge in [-0.2, -0.15) is 0 Å². The van der Waals surface area contributed by atoms with Crippen LogP contribution in [0, 0.1) is 0 Å². The fourth-order valence-corrected chi connectivity index (χ4v) is 1.91. The lowest BCUT2D eigenvalue weighted by molar-refractivity contribution is 0.416. The summed E-state index contributed by atoms with van der Waals surface area (Å²) in [6, 6.07) is 10.9. The van der Waals surface area contributed by atoms with Crippen LogP contribution in [0.2, 0.25) is 10.0 Å². The normalized spacial score (nSPS) is 10.3. The van der Waals surface area contributed by atoms with Crippen LogP contribution in [0.4, 0.5) is 5.69 Å². The molecule has 0 saturated carbocycles. The van der Waals surface area contributed by atoms with Crippen LogP contribution in [-0.4, -0.2) is 7.11 Å². The second-order valence-electron chi connectivity index (χ2n) is 3.59. The van der Waals surface area contributed by atoms with Crippen molar-refractivity contribution < 1.29 is 4.74 Å². The monoisotopic (exact) mass is 267 g/mol. The van der Waals surface area contributed by atoms with Crippen molar-refractivity contribution in [3.8, 4) is 16.9 Å². The largest absolute Gasteiger partial charge is 0.496 e. The Labute approximate surface area is 110 Å². The van der Waals surface area contributed by atoms with Gasteiger partial charge in [0.25, 0.3) is 0 Å². The highest BCUT2D eigenvalue weighted by Crippen LogP contribution is 2.34. The Morgan fingerprint density at radius 2 is 1.76 bits per heavy atom. The summed E-state index contributed by atoms with van der Waals surface area (Å²) in [5.41, 5.74) is 8.24. The molecular weight excluding hydrogens is 257 g/mol. The van der Waals surface area contributed by atoms with Gasteiger partial charge in [0, 0.05) is 17.3 Å². The summed E-state index contributed by atoms with van der Waals surface area (Å²) in [5, 5.41) is 1.05. The molecule has 0 unspecified atom stereocenters. The molecule has 0 radical (unpaired) electrons. The Morgan fingerprint density at radius 3 is 2.41 bits per heavy atom. The van der Waals surface area contributed by atoms with Gasteiger partial charge < -0.3 is 10.5 Å². The van der Waals surface area contributed by atoms with E-state index >= 15 is 0 Å². The topological polar surface area (TPSA) is 35.2 Å². The molecule has 0 aliphatic rings. The van der Waals surface area contributed by atoms with E-state index in [-0.39, 0.29) is 0 Å². The summed E-state index contributed by atoms with van der Waals surface area (Å²) < 4.78 is 5.29. The average molecular weight is 268 g/mol. The van der Waals surface area contributed by atoms with Gasteiger partial charge in [-0.15, -0.1) is 0 Å². The van der Waals surface area contributed by atoms with E-state index in [4.69, 9.17) is 33.7 Å². The van der Waals surface area contributed by atoms with Crippen LogP contribution in [0.15, 0.2) is 36.4 Å². The van der Waals surface area contributed by atoms with Crippen LogP contribution in [0.25, 0.3) is 11.1 Å². The first-order valence-electron chi connectivity index (χ1n) is 5.01. The molecule has 2 aromatic rings. The number of anilines is 1. The van der Waals surface area contributed by atoms with Crippen LogP contribution >= 0.6 is 23.2 Å². The predicted molar refractivity (Wildman–Crippen MR) is 72.9 cm³/mol. The summed E-state index contributed by atoms with van der Waals surface area (Å²) >= 11 is 11.9. The molecular formula is C13H11Cl2NO. The molecule has 0 atom stereocenters. The molecule has 0 saturated heterocycles. The second-order valence-corrected chi connectivity index (χ2v) is 4.40. The van der Waals surface area contributed by atoms with Crippen molar-refractivity contribution in [3.05, 3.63) is 46.4 Å². The van der Waals surface area contributed by atoms with E-state index in [1.165, 1.54) is 0 Å². The third-order valence-electron chi connectivity index (χ3n) is 2.46. The lowest BCUT2D eigenvalue weighted by Gasteiger charge is -2.10. The molecule has 2 N–H and O–H groups in total. The molecule has 4 heteroatoms. The first-order valence-corrected chi connectivity index (χ1v) is 5.76. The molecule has 0 spiro atoms. The average Bonchev–Trinajstić information content (AvgIpc) is 2.32. The van der Waals surface area contributed by atoms with E-state index in [1.807, 2.05) is 18.2 Å². The Kier molecular flexibility index (Phi) is 3.46. The molecule has 2 rings (SSSR count). The van der Waals surface area contributed by atoms with Gasteiger partial charge in [-0.3, -0.25) is 0 Å². The zero-order valence-corrected chi connectivity index (χ0v) is 10.7. The van der Waals surface area contributed by atoms with Gasteiger partial charge >= 0.3 is 0 Å². The summed E-state index contributed by atoms with van der Waals surface area (Å²) in [6.45, 7) is 0. The third kappa shape index (κ3) is 2.48. The standard InChI is InChI=1S/C13H11Cl2NO/c1-17-13-7-9(16)3-4-10(13)8-2-5-11(14)12(15)6-8/h2-7H,16H2,1H3. The summed E-state index contributed by atoms with van der Waals surface area (Å²) in [7, 11) is 1.61. The molecule has 88 valence electrons. The van der Waals surface area contributed by atoms with Crippen LogP contribution < -0.4 is 10.5 Å². The van der Waals surface area contributed by atoms with Crippen LogP contribution in [0.1, 0.15) is 0 Å². The number of benzene rings is 2. The minimum Gasteiger partial charge on any atom is -0.496 e. The molecule has 2 nitrogen and oxygen atoms in total. The van der Waals surface area contributed by atoms with Gasteiger partial charge in [0.15, 0.2) is 0 Å².